The second kappa shape index (κ2) is 12.8. The number of pyridine rings is 1. The smallest absolute Gasteiger partial charge is 0.191 e. The summed E-state index contributed by atoms with van der Waals surface area (Å²) in [5, 5.41) is 7.15. The van der Waals surface area contributed by atoms with E-state index >= 15 is 0 Å². The van der Waals surface area contributed by atoms with E-state index in [1.165, 1.54) is 0 Å². The zero-order valence-corrected chi connectivity index (χ0v) is 19.1. The van der Waals surface area contributed by atoms with Crippen LogP contribution in [0.1, 0.15) is 25.0 Å². The molecule has 148 valence electrons. The van der Waals surface area contributed by atoms with Crippen molar-refractivity contribution in [2.75, 3.05) is 20.2 Å². The first-order valence-corrected chi connectivity index (χ1v) is 9.22. The van der Waals surface area contributed by atoms with Crippen LogP contribution >= 0.6 is 35.6 Å². The Balaban J connectivity index is 0.00000364. The van der Waals surface area contributed by atoms with Crippen molar-refractivity contribution in [1.82, 2.24) is 15.6 Å². The highest BCUT2D eigenvalue weighted by Gasteiger charge is 2.05. The topological polar surface area (TPSA) is 58.5 Å². The van der Waals surface area contributed by atoms with E-state index in [1.807, 2.05) is 24.3 Å². The lowest BCUT2D eigenvalue weighted by Gasteiger charge is -2.15. The van der Waals surface area contributed by atoms with Crippen LogP contribution in [0.2, 0.25) is 5.15 Å². The molecular formula is C20H28ClIN4O. The molecule has 0 amide bonds. The third-order valence-electron chi connectivity index (χ3n) is 3.71. The van der Waals surface area contributed by atoms with Gasteiger partial charge >= 0.3 is 0 Å². The SMILES string of the molecule is CN=C(NCCc1ccc(Cl)nc1)NCc1ccccc1OCC(C)C.I. The number of halogens is 2. The van der Waals surface area contributed by atoms with Crippen LogP contribution in [0.25, 0.3) is 0 Å². The minimum absolute atomic E-state index is 0. The second-order valence-corrected chi connectivity index (χ2v) is 6.79. The van der Waals surface area contributed by atoms with E-state index in [0.29, 0.717) is 24.2 Å². The molecule has 0 fully saturated rings. The first kappa shape index (κ1) is 23.5. The lowest BCUT2D eigenvalue weighted by Crippen LogP contribution is -2.37. The van der Waals surface area contributed by atoms with Crippen LogP contribution in [0.15, 0.2) is 47.6 Å². The number of nitrogens with one attached hydrogen (secondary N) is 2. The van der Waals surface area contributed by atoms with Gasteiger partial charge in [-0.05, 0) is 30.0 Å². The Bertz CT molecular complexity index is 707. The van der Waals surface area contributed by atoms with Gasteiger partial charge in [0.15, 0.2) is 5.96 Å². The fourth-order valence-corrected chi connectivity index (χ4v) is 2.44. The molecule has 0 atom stereocenters. The maximum absolute atomic E-state index is 5.90. The first-order valence-electron chi connectivity index (χ1n) is 8.84. The molecule has 0 saturated carbocycles. The predicted octanol–water partition coefficient (Wildman–Crippen LogP) is 4.30. The largest absolute Gasteiger partial charge is 0.493 e. The lowest BCUT2D eigenvalue weighted by atomic mass is 10.2. The minimum atomic E-state index is 0. The first-order chi connectivity index (χ1) is 12.6. The van der Waals surface area contributed by atoms with Crippen molar-refractivity contribution in [1.29, 1.82) is 0 Å². The molecule has 0 aliphatic heterocycles. The summed E-state index contributed by atoms with van der Waals surface area (Å²) in [6.07, 6.45) is 2.64. The Hall–Kier alpha value is -1.54. The summed E-state index contributed by atoms with van der Waals surface area (Å²) in [5.74, 6) is 2.16. The van der Waals surface area contributed by atoms with Crippen molar-refractivity contribution in [3.63, 3.8) is 0 Å². The van der Waals surface area contributed by atoms with Gasteiger partial charge < -0.3 is 15.4 Å². The average Bonchev–Trinajstić information content (AvgIpc) is 2.65. The normalized spacial score (nSPS) is 11.1. The summed E-state index contributed by atoms with van der Waals surface area (Å²) >= 11 is 5.80. The van der Waals surface area contributed by atoms with Gasteiger partial charge in [-0.2, -0.15) is 0 Å². The van der Waals surface area contributed by atoms with E-state index in [0.717, 1.165) is 35.8 Å². The molecule has 1 heterocycles. The number of hydrogen-bond acceptors (Lipinski definition) is 3. The molecule has 0 radical (unpaired) electrons. The van der Waals surface area contributed by atoms with Crippen LogP contribution in [-0.4, -0.2) is 31.1 Å². The third kappa shape index (κ3) is 8.79. The monoisotopic (exact) mass is 502 g/mol. The van der Waals surface area contributed by atoms with Crippen LogP contribution in [0.4, 0.5) is 0 Å². The molecular weight excluding hydrogens is 475 g/mol. The van der Waals surface area contributed by atoms with Gasteiger partial charge in [-0.3, -0.25) is 4.99 Å². The lowest BCUT2D eigenvalue weighted by molar-refractivity contribution is 0.268. The van der Waals surface area contributed by atoms with Crippen molar-refractivity contribution in [2.45, 2.75) is 26.8 Å². The number of para-hydroxylation sites is 1. The molecule has 1 aromatic heterocycles. The van der Waals surface area contributed by atoms with Gasteiger partial charge in [0, 0.05) is 31.9 Å². The average molecular weight is 503 g/mol. The molecule has 0 spiro atoms. The highest BCUT2D eigenvalue weighted by atomic mass is 127. The number of ether oxygens (including phenoxy) is 1. The molecule has 2 N–H and O–H groups in total. The van der Waals surface area contributed by atoms with Crippen LogP contribution in [0.3, 0.4) is 0 Å². The number of aliphatic imine (C=N–C) groups is 1. The fourth-order valence-electron chi connectivity index (χ4n) is 2.33. The molecule has 5 nitrogen and oxygen atoms in total. The third-order valence-corrected chi connectivity index (χ3v) is 3.93. The number of guanidine groups is 1. The van der Waals surface area contributed by atoms with E-state index in [1.54, 1.807) is 19.3 Å². The van der Waals surface area contributed by atoms with Crippen LogP contribution in [0, 0.1) is 5.92 Å². The number of rotatable bonds is 8. The van der Waals surface area contributed by atoms with Gasteiger partial charge in [-0.1, -0.05) is 49.7 Å². The molecule has 2 rings (SSSR count). The predicted molar refractivity (Wildman–Crippen MR) is 123 cm³/mol. The van der Waals surface area contributed by atoms with Crippen molar-refractivity contribution >= 4 is 41.5 Å². The molecule has 1 aromatic carbocycles. The standard InChI is InChI=1S/C20H27ClN4O.HI/c1-15(2)14-26-18-7-5-4-6-17(18)13-25-20(22-3)23-11-10-16-8-9-19(21)24-12-16;/h4-9,12,15H,10-11,13-14H2,1-3H3,(H2,22,23,25);1H. The Morgan fingerprint density at radius 2 is 1.96 bits per heavy atom. The molecule has 0 unspecified atom stereocenters. The second-order valence-electron chi connectivity index (χ2n) is 6.40. The fraction of sp³-hybridized carbons (Fsp3) is 0.400. The van der Waals surface area contributed by atoms with E-state index in [2.05, 4.69) is 40.5 Å². The Morgan fingerprint density at radius 1 is 1.19 bits per heavy atom. The molecule has 0 saturated heterocycles. The van der Waals surface area contributed by atoms with E-state index in [-0.39, 0.29) is 24.0 Å². The van der Waals surface area contributed by atoms with Crippen LogP contribution in [0.5, 0.6) is 5.75 Å². The summed E-state index contributed by atoms with van der Waals surface area (Å²) < 4.78 is 5.90. The molecule has 7 heteroatoms. The summed E-state index contributed by atoms with van der Waals surface area (Å²) in [7, 11) is 1.76. The summed E-state index contributed by atoms with van der Waals surface area (Å²) in [6, 6.07) is 11.9. The van der Waals surface area contributed by atoms with Gasteiger partial charge in [0.2, 0.25) is 0 Å². The molecule has 0 bridgehead atoms. The van der Waals surface area contributed by atoms with E-state index in [9.17, 15) is 0 Å². The van der Waals surface area contributed by atoms with Gasteiger partial charge in [-0.15, -0.1) is 24.0 Å². The Labute approximate surface area is 184 Å². The zero-order valence-electron chi connectivity index (χ0n) is 16.0. The van der Waals surface area contributed by atoms with E-state index in [4.69, 9.17) is 16.3 Å². The van der Waals surface area contributed by atoms with Gasteiger partial charge in [0.1, 0.15) is 10.9 Å². The van der Waals surface area contributed by atoms with Crippen molar-refractivity contribution in [2.24, 2.45) is 10.9 Å². The Morgan fingerprint density at radius 3 is 2.63 bits per heavy atom. The number of hydrogen-bond donors (Lipinski definition) is 2. The molecule has 0 aliphatic rings. The van der Waals surface area contributed by atoms with Crippen molar-refractivity contribution in [3.05, 3.63) is 58.9 Å². The quantitative estimate of drug-likeness (QED) is 0.245. The summed E-state index contributed by atoms with van der Waals surface area (Å²) in [5.41, 5.74) is 2.24. The zero-order chi connectivity index (χ0) is 18.8. The summed E-state index contributed by atoms with van der Waals surface area (Å²) in [4.78, 5) is 8.36. The van der Waals surface area contributed by atoms with Crippen molar-refractivity contribution in [3.8, 4) is 5.75 Å². The highest BCUT2D eigenvalue weighted by Crippen LogP contribution is 2.18. The van der Waals surface area contributed by atoms with Gasteiger partial charge in [-0.25, -0.2) is 4.98 Å². The number of aromatic nitrogens is 1. The van der Waals surface area contributed by atoms with Gasteiger partial charge in [0.25, 0.3) is 0 Å². The minimum Gasteiger partial charge on any atom is -0.493 e. The Kier molecular flexibility index (Phi) is 11.1. The number of nitrogens with zero attached hydrogens (tertiary/aromatic N) is 2. The van der Waals surface area contributed by atoms with Gasteiger partial charge in [0.05, 0.1) is 6.61 Å². The maximum Gasteiger partial charge on any atom is 0.191 e. The molecule has 2 aromatic rings. The number of benzene rings is 1. The van der Waals surface area contributed by atoms with Crippen LogP contribution < -0.4 is 15.4 Å². The van der Waals surface area contributed by atoms with E-state index < -0.39 is 0 Å². The van der Waals surface area contributed by atoms with Crippen molar-refractivity contribution < 1.29 is 4.74 Å². The maximum atomic E-state index is 5.90. The van der Waals surface area contributed by atoms with Crippen LogP contribution in [-0.2, 0) is 13.0 Å². The molecule has 0 aliphatic carbocycles. The molecule has 27 heavy (non-hydrogen) atoms. The highest BCUT2D eigenvalue weighted by molar-refractivity contribution is 14.0. The summed E-state index contributed by atoms with van der Waals surface area (Å²) in [6.45, 7) is 6.40.